The van der Waals surface area contributed by atoms with Gasteiger partial charge in [0.05, 0.1) is 0 Å². The molecule has 116 valence electrons. The van der Waals surface area contributed by atoms with Crippen LogP contribution in [0, 0.1) is 0 Å². The van der Waals surface area contributed by atoms with Crippen LogP contribution in [-0.4, -0.2) is 40.8 Å². The predicted molar refractivity (Wildman–Crippen MR) is 82.7 cm³/mol. The van der Waals surface area contributed by atoms with E-state index in [0.717, 1.165) is 38.1 Å². The second-order valence-corrected chi connectivity index (χ2v) is 5.62. The maximum Gasteiger partial charge on any atom is 0.281 e. The Hall–Kier alpha value is -1.04. The Bertz CT molecular complexity index is 302. The van der Waals surface area contributed by atoms with Crippen molar-refractivity contribution in [1.29, 1.82) is 0 Å². The van der Waals surface area contributed by atoms with Crippen molar-refractivity contribution in [2.75, 3.05) is 18.8 Å². The summed E-state index contributed by atoms with van der Waals surface area (Å²) in [6, 6.07) is 0. The Balaban J connectivity index is 0.000000428. The third-order valence-corrected chi connectivity index (χ3v) is 3.65. The Morgan fingerprint density at radius 3 is 1.85 bits per heavy atom. The maximum atomic E-state index is 11.6. The first-order valence-electron chi connectivity index (χ1n) is 7.29. The normalized spacial score (nSPS) is 13.6. The van der Waals surface area contributed by atoms with Crippen LogP contribution in [0.1, 0.15) is 52.9 Å². The van der Waals surface area contributed by atoms with Crippen molar-refractivity contribution >= 4 is 28.8 Å². The van der Waals surface area contributed by atoms with Crippen molar-refractivity contribution in [3.05, 3.63) is 0 Å². The van der Waals surface area contributed by atoms with Gasteiger partial charge in [0.2, 0.25) is 11.8 Å². The first kappa shape index (κ1) is 19.0. The number of amides is 3. The molecule has 20 heavy (non-hydrogen) atoms. The molecule has 0 bridgehead atoms. The molecule has 0 atom stereocenters. The molecular weight excluding hydrogens is 276 g/mol. The van der Waals surface area contributed by atoms with Crippen LogP contribution in [0.15, 0.2) is 0 Å². The van der Waals surface area contributed by atoms with Gasteiger partial charge in [-0.3, -0.25) is 19.7 Å². The summed E-state index contributed by atoms with van der Waals surface area (Å²) in [6.45, 7) is 8.14. The van der Waals surface area contributed by atoms with Crippen molar-refractivity contribution in [3.63, 3.8) is 0 Å². The summed E-state index contributed by atoms with van der Waals surface area (Å²) < 4.78 is 0. The Kier molecular flexibility index (Phi) is 11.1. The molecule has 3 amide bonds. The van der Waals surface area contributed by atoms with Crippen molar-refractivity contribution in [3.8, 4) is 0 Å². The molecule has 0 aromatic rings. The van der Waals surface area contributed by atoms with Gasteiger partial charge in [-0.25, -0.2) is 0 Å². The molecule has 1 fully saturated rings. The summed E-state index contributed by atoms with van der Waals surface area (Å²) in [7, 11) is 0. The number of carbonyl (C=O) groups is 3. The molecule has 0 saturated carbocycles. The number of thioether (sulfide) groups is 1. The van der Waals surface area contributed by atoms with Crippen LogP contribution in [-0.2, 0) is 9.59 Å². The Morgan fingerprint density at radius 1 is 1.05 bits per heavy atom. The average Bonchev–Trinajstić information content (AvgIpc) is 2.80. The Labute approximate surface area is 125 Å². The van der Waals surface area contributed by atoms with Crippen LogP contribution in [0.2, 0.25) is 0 Å². The van der Waals surface area contributed by atoms with Crippen LogP contribution >= 0.6 is 11.8 Å². The third-order valence-electron chi connectivity index (χ3n) is 2.53. The van der Waals surface area contributed by atoms with E-state index < -0.39 is 0 Å². The van der Waals surface area contributed by atoms with E-state index in [-0.39, 0.29) is 17.1 Å². The van der Waals surface area contributed by atoms with Gasteiger partial charge in [-0.05, 0) is 19.3 Å². The smallest absolute Gasteiger partial charge is 0.281 e. The summed E-state index contributed by atoms with van der Waals surface area (Å²) in [5.74, 6) is 0.651. The SMILES string of the molecule is CCCSC(=O)N(CCC)CCC.O=C1CCC(=O)N1. The van der Waals surface area contributed by atoms with E-state index in [0.29, 0.717) is 12.8 Å². The summed E-state index contributed by atoms with van der Waals surface area (Å²) in [6.07, 6.45) is 3.93. The van der Waals surface area contributed by atoms with E-state index in [1.54, 1.807) is 0 Å². The lowest BCUT2D eigenvalue weighted by atomic mass is 10.4. The molecule has 0 aliphatic carbocycles. The first-order chi connectivity index (χ1) is 9.54. The lowest BCUT2D eigenvalue weighted by Crippen LogP contribution is -2.29. The molecule has 6 heteroatoms. The van der Waals surface area contributed by atoms with Gasteiger partial charge in [0, 0.05) is 31.7 Å². The molecule has 1 heterocycles. The van der Waals surface area contributed by atoms with Gasteiger partial charge in [-0.15, -0.1) is 0 Å². The van der Waals surface area contributed by atoms with Crippen LogP contribution < -0.4 is 5.32 Å². The lowest BCUT2D eigenvalue weighted by molar-refractivity contribution is -0.124. The van der Waals surface area contributed by atoms with Gasteiger partial charge in [0.1, 0.15) is 0 Å². The summed E-state index contributed by atoms with van der Waals surface area (Å²) in [4.78, 5) is 33.8. The highest BCUT2D eigenvalue weighted by atomic mass is 32.2. The number of hydrogen-bond acceptors (Lipinski definition) is 4. The fourth-order valence-electron chi connectivity index (χ4n) is 1.62. The highest BCUT2D eigenvalue weighted by molar-refractivity contribution is 8.13. The van der Waals surface area contributed by atoms with Crippen molar-refractivity contribution in [2.24, 2.45) is 0 Å². The molecule has 1 aliphatic heterocycles. The number of nitrogens with zero attached hydrogens (tertiary/aromatic N) is 1. The van der Waals surface area contributed by atoms with Crippen LogP contribution in [0.4, 0.5) is 4.79 Å². The van der Waals surface area contributed by atoms with E-state index in [2.05, 4.69) is 26.1 Å². The van der Waals surface area contributed by atoms with Crippen molar-refractivity contribution < 1.29 is 14.4 Å². The molecule has 1 rings (SSSR count). The minimum Gasteiger partial charge on any atom is -0.334 e. The van der Waals surface area contributed by atoms with E-state index >= 15 is 0 Å². The number of rotatable bonds is 6. The second-order valence-electron chi connectivity index (χ2n) is 4.57. The lowest BCUT2D eigenvalue weighted by Gasteiger charge is -2.20. The summed E-state index contributed by atoms with van der Waals surface area (Å²) >= 11 is 1.45. The summed E-state index contributed by atoms with van der Waals surface area (Å²) in [5.41, 5.74) is 0. The minimum atomic E-state index is -0.148. The number of nitrogens with one attached hydrogen (secondary N) is 1. The Morgan fingerprint density at radius 2 is 1.55 bits per heavy atom. The van der Waals surface area contributed by atoms with Gasteiger partial charge >= 0.3 is 0 Å². The molecule has 0 aromatic carbocycles. The monoisotopic (exact) mass is 302 g/mol. The van der Waals surface area contributed by atoms with Crippen LogP contribution in [0.25, 0.3) is 0 Å². The number of imide groups is 1. The summed E-state index contributed by atoms with van der Waals surface area (Å²) in [5, 5.41) is 2.39. The van der Waals surface area contributed by atoms with E-state index in [1.165, 1.54) is 11.8 Å². The quantitative estimate of drug-likeness (QED) is 0.766. The number of hydrogen-bond donors (Lipinski definition) is 1. The zero-order valence-corrected chi connectivity index (χ0v) is 13.6. The number of carbonyl (C=O) groups excluding carboxylic acids is 3. The molecule has 1 N–H and O–H groups in total. The fraction of sp³-hybridized carbons (Fsp3) is 0.786. The fourth-order valence-corrected chi connectivity index (χ4v) is 2.37. The highest BCUT2D eigenvalue weighted by Gasteiger charge is 2.15. The third kappa shape index (κ3) is 8.96. The largest absolute Gasteiger partial charge is 0.334 e. The second kappa shape index (κ2) is 11.8. The zero-order valence-electron chi connectivity index (χ0n) is 12.7. The van der Waals surface area contributed by atoms with Crippen molar-refractivity contribution in [2.45, 2.75) is 52.9 Å². The predicted octanol–water partition coefficient (Wildman–Crippen LogP) is 2.79. The first-order valence-corrected chi connectivity index (χ1v) is 8.28. The van der Waals surface area contributed by atoms with E-state index in [4.69, 9.17) is 0 Å². The van der Waals surface area contributed by atoms with Gasteiger partial charge in [0.25, 0.3) is 5.24 Å². The van der Waals surface area contributed by atoms with Crippen LogP contribution in [0.5, 0.6) is 0 Å². The van der Waals surface area contributed by atoms with E-state index in [1.807, 2.05) is 4.90 Å². The topological polar surface area (TPSA) is 66.5 Å². The molecular formula is C14H26N2O3S. The molecule has 1 aliphatic rings. The van der Waals surface area contributed by atoms with Gasteiger partial charge in [0.15, 0.2) is 0 Å². The maximum absolute atomic E-state index is 11.6. The molecule has 0 unspecified atom stereocenters. The zero-order chi connectivity index (χ0) is 15.4. The molecule has 0 spiro atoms. The minimum absolute atomic E-state index is 0.148. The van der Waals surface area contributed by atoms with Gasteiger partial charge < -0.3 is 4.90 Å². The molecule has 1 saturated heterocycles. The molecule has 5 nitrogen and oxygen atoms in total. The average molecular weight is 302 g/mol. The highest BCUT2D eigenvalue weighted by Crippen LogP contribution is 2.10. The standard InChI is InChI=1S/C10H21NOS.C4H5NO2/c1-4-7-11(8-5-2)10(12)13-9-6-3;6-3-1-2-4(7)5-3/h4-9H2,1-3H3;1-2H2,(H,5,6,7). The van der Waals surface area contributed by atoms with Crippen molar-refractivity contribution in [1.82, 2.24) is 10.2 Å². The molecule has 0 aromatic heterocycles. The van der Waals surface area contributed by atoms with Gasteiger partial charge in [-0.1, -0.05) is 32.5 Å². The van der Waals surface area contributed by atoms with E-state index in [9.17, 15) is 14.4 Å². The van der Waals surface area contributed by atoms with Crippen LogP contribution in [0.3, 0.4) is 0 Å². The molecule has 0 radical (unpaired) electrons. The van der Waals surface area contributed by atoms with Gasteiger partial charge in [-0.2, -0.15) is 0 Å².